The Kier molecular flexibility index (Phi) is 9.98. The van der Waals surface area contributed by atoms with Gasteiger partial charge in [0.2, 0.25) is 0 Å². The Morgan fingerprint density at radius 1 is 0.768 bits per heavy atom. The van der Waals surface area contributed by atoms with Crippen LogP contribution in [-0.4, -0.2) is 48.1 Å². The van der Waals surface area contributed by atoms with E-state index in [1.807, 2.05) is 35.4 Å². The molecule has 0 N–H and O–H groups in total. The number of pyridine rings is 1. The molecule has 3 aliphatic rings. The Bertz CT molecular complexity index is 2380. The monoisotopic (exact) mass is 922 g/mol. The van der Waals surface area contributed by atoms with Gasteiger partial charge in [-0.3, -0.25) is 0 Å². The van der Waals surface area contributed by atoms with Crippen LogP contribution in [0.1, 0.15) is 73.8 Å². The van der Waals surface area contributed by atoms with E-state index in [1.165, 1.54) is 44.7 Å². The van der Waals surface area contributed by atoms with Crippen LogP contribution in [0.2, 0.25) is 0 Å². The van der Waals surface area contributed by atoms with Crippen molar-refractivity contribution in [3.63, 3.8) is 0 Å². The number of anilines is 5. The van der Waals surface area contributed by atoms with Crippen molar-refractivity contribution in [1.82, 2.24) is 14.7 Å². The molecule has 0 radical (unpaired) electrons. The number of hydrogen-bond donors (Lipinski definition) is 0. The predicted molar refractivity (Wildman–Crippen MR) is 222 cm³/mol. The molecule has 3 aliphatic heterocycles. The largest absolute Gasteiger partial charge is 2.00 e. The summed E-state index contributed by atoms with van der Waals surface area (Å²) in [5.41, 5.74) is 13.0. The third-order valence-electron chi connectivity index (χ3n) is 11.5. The summed E-state index contributed by atoms with van der Waals surface area (Å²) in [5, 5.41) is 4.82. The average Bonchev–Trinajstić information content (AvgIpc) is 3.79. The van der Waals surface area contributed by atoms with Crippen LogP contribution in [0.5, 0.6) is 11.5 Å². The van der Waals surface area contributed by atoms with Crippen LogP contribution in [-0.2, 0) is 21.1 Å². The number of benzene rings is 4. The normalized spacial score (nSPS) is 15.8. The van der Waals surface area contributed by atoms with Gasteiger partial charge in [0, 0.05) is 46.4 Å². The number of aryl methyl sites for hydroxylation is 3. The maximum atomic E-state index is 6.63. The van der Waals surface area contributed by atoms with Crippen molar-refractivity contribution < 1.29 is 30.6 Å². The number of para-hydroxylation sites is 1. The summed E-state index contributed by atoms with van der Waals surface area (Å²) in [6.07, 6.45) is 6.81. The van der Waals surface area contributed by atoms with Crippen LogP contribution in [0.3, 0.4) is 0 Å². The minimum atomic E-state index is -0.0882. The summed E-state index contributed by atoms with van der Waals surface area (Å²) in [6.45, 7) is 17.5. The first-order valence-corrected chi connectivity index (χ1v) is 19.5. The van der Waals surface area contributed by atoms with Crippen molar-refractivity contribution in [3.8, 4) is 17.2 Å². The van der Waals surface area contributed by atoms with Gasteiger partial charge in [-0.15, -0.1) is 30.3 Å². The van der Waals surface area contributed by atoms with Crippen LogP contribution in [0.25, 0.3) is 5.69 Å². The van der Waals surface area contributed by atoms with Crippen molar-refractivity contribution in [3.05, 3.63) is 131 Å². The van der Waals surface area contributed by atoms with E-state index in [4.69, 9.17) is 14.8 Å². The van der Waals surface area contributed by atoms with Gasteiger partial charge in [-0.1, -0.05) is 75.8 Å². The van der Waals surface area contributed by atoms with Crippen molar-refractivity contribution >= 4 is 41.0 Å². The maximum absolute atomic E-state index is 6.63. The summed E-state index contributed by atoms with van der Waals surface area (Å²) < 4.78 is 8.84. The molecule has 286 valence electrons. The first-order valence-electron chi connectivity index (χ1n) is 19.5. The molecule has 1 fully saturated rings. The Morgan fingerprint density at radius 2 is 1.41 bits per heavy atom. The van der Waals surface area contributed by atoms with Gasteiger partial charge in [-0.2, -0.15) is 10.7 Å². The molecule has 11 heteroatoms. The number of hydrogen-bond acceptors (Lipinski definition) is 7. The number of rotatable bonds is 7. The molecule has 1 saturated heterocycles. The van der Waals surface area contributed by atoms with Gasteiger partial charge in [-0.05, 0) is 91.1 Å². The number of fused-ring (bicyclic) bond motifs is 6. The molecule has 1 unspecified atom stereocenters. The molecule has 1 atom stereocenters. The molecule has 56 heavy (non-hydrogen) atoms. The first-order chi connectivity index (χ1) is 26.6. The zero-order valence-corrected chi connectivity index (χ0v) is 35.7. The number of ether oxygens (including phenoxy) is 1. The van der Waals surface area contributed by atoms with Crippen LogP contribution < -0.4 is 34.5 Å². The minimum absolute atomic E-state index is 0. The Hall–Kier alpha value is -5.08. The van der Waals surface area contributed by atoms with Gasteiger partial charge in [0.15, 0.2) is 17.8 Å². The van der Waals surface area contributed by atoms with Crippen LogP contribution >= 0.6 is 0 Å². The fourth-order valence-corrected chi connectivity index (χ4v) is 9.11. The smallest absolute Gasteiger partial charge is 0.509 e. The Morgan fingerprint density at radius 3 is 2.12 bits per heavy atom. The maximum Gasteiger partial charge on any atom is 2.00 e. The van der Waals surface area contributed by atoms with Crippen LogP contribution in [0, 0.1) is 32.9 Å². The summed E-state index contributed by atoms with van der Waals surface area (Å²) in [4.78, 5) is 16.7. The molecular formula is C45H48BN8OPt+. The number of aromatic nitrogens is 4. The molecule has 9 rings (SSSR count). The van der Waals surface area contributed by atoms with Crippen molar-refractivity contribution in [2.45, 2.75) is 73.0 Å². The van der Waals surface area contributed by atoms with Crippen molar-refractivity contribution in [1.29, 1.82) is 0 Å². The second-order valence-corrected chi connectivity index (χ2v) is 15.8. The Labute approximate surface area is 345 Å². The summed E-state index contributed by atoms with van der Waals surface area (Å²) >= 11 is 0. The summed E-state index contributed by atoms with van der Waals surface area (Å²) in [6, 6.07) is 32.9. The van der Waals surface area contributed by atoms with E-state index in [0.29, 0.717) is 23.3 Å². The first kappa shape index (κ1) is 37.8. The molecule has 5 heterocycles. The fourth-order valence-electron chi connectivity index (χ4n) is 9.11. The standard InChI is InChI=1S/C45H48BN8O.Pt/c1-29(2)37-17-11-18-38(30(3)4)41(37)46-49(8)39-20-19-36(28-40(39)54-48-23-26-52(46)54)55-35-16-10-15-34(27-35)53-44-43(33(7)21-22-47-44)51-25-12-24-50(45(51)53)42-31(5)13-9-14-32(42)6;/h9-11,13-23,26,29-30,45H,12,24-25H2,1-8H3;/q-1;+2. The SMILES string of the molecule is Cc1cccc(C)c1N1CCCN2c3c(C)ccnc3N(c3[c-]c(Oc4[c-]c5c(cc4)N(C)B(c4c(C(C)C)cccc4C(C)C)n4ccn[n+]4-5)ccc3)C12.[Pt+2]. The molecule has 0 spiro atoms. The predicted octanol–water partition coefficient (Wildman–Crippen LogP) is 7.96. The van der Waals surface area contributed by atoms with Crippen LogP contribution in [0.15, 0.2) is 91.4 Å². The van der Waals surface area contributed by atoms with Gasteiger partial charge >= 0.3 is 28.0 Å². The molecule has 9 nitrogen and oxygen atoms in total. The van der Waals surface area contributed by atoms with Gasteiger partial charge < -0.3 is 24.2 Å². The molecule has 0 aliphatic carbocycles. The van der Waals surface area contributed by atoms with E-state index in [-0.39, 0.29) is 34.3 Å². The van der Waals surface area contributed by atoms with E-state index in [9.17, 15) is 0 Å². The van der Waals surface area contributed by atoms with Crippen molar-refractivity contribution in [2.24, 2.45) is 0 Å². The second kappa shape index (κ2) is 14.8. The fraction of sp³-hybridized carbons (Fsp3) is 0.311. The molecule has 2 aromatic heterocycles. The second-order valence-electron chi connectivity index (χ2n) is 15.8. The van der Waals surface area contributed by atoms with E-state index < -0.39 is 0 Å². The van der Waals surface area contributed by atoms with Gasteiger partial charge in [0.05, 0.1) is 11.9 Å². The third-order valence-corrected chi connectivity index (χ3v) is 11.5. The van der Waals surface area contributed by atoms with E-state index in [2.05, 4.69) is 153 Å². The molecular weight excluding hydrogens is 874 g/mol. The third kappa shape index (κ3) is 6.08. The zero-order valence-electron chi connectivity index (χ0n) is 33.4. The topological polar surface area (TPSA) is 56.8 Å². The Balaban J connectivity index is 0.00000441. The number of nitrogens with zero attached hydrogens (tertiary/aromatic N) is 8. The van der Waals surface area contributed by atoms with Crippen LogP contribution in [0.4, 0.5) is 28.6 Å². The van der Waals surface area contributed by atoms with Crippen molar-refractivity contribution in [2.75, 3.05) is 39.6 Å². The van der Waals surface area contributed by atoms with E-state index in [1.54, 1.807) is 0 Å². The quantitative estimate of drug-likeness (QED) is 0.0916. The van der Waals surface area contributed by atoms with E-state index in [0.717, 1.165) is 42.4 Å². The van der Waals surface area contributed by atoms with Gasteiger partial charge in [0.25, 0.3) is 0 Å². The van der Waals surface area contributed by atoms with Gasteiger partial charge in [0.1, 0.15) is 6.20 Å². The molecule has 6 aromatic rings. The zero-order chi connectivity index (χ0) is 38.1. The van der Waals surface area contributed by atoms with Gasteiger partial charge in [-0.25, -0.2) is 4.98 Å². The molecule has 0 bridgehead atoms. The summed E-state index contributed by atoms with van der Waals surface area (Å²) in [7, 11) is 2.17. The summed E-state index contributed by atoms with van der Waals surface area (Å²) in [5.74, 6) is 2.90. The van der Waals surface area contributed by atoms with E-state index >= 15 is 0 Å². The minimum Gasteiger partial charge on any atom is -0.509 e. The average molecular weight is 923 g/mol. The molecule has 4 aromatic carbocycles. The molecule has 0 saturated carbocycles. The molecule has 0 amide bonds.